The van der Waals surface area contributed by atoms with E-state index in [9.17, 15) is 0 Å². The van der Waals surface area contributed by atoms with Crippen LogP contribution in [0.15, 0.2) is 47.1 Å². The lowest BCUT2D eigenvalue weighted by atomic mass is 10.1. The van der Waals surface area contributed by atoms with Crippen molar-refractivity contribution in [1.82, 2.24) is 10.3 Å². The number of aryl methyl sites for hydroxylation is 1. The number of hydrogen-bond donors (Lipinski definition) is 1. The van der Waals surface area contributed by atoms with Gasteiger partial charge in [0.25, 0.3) is 0 Å². The van der Waals surface area contributed by atoms with E-state index in [1.54, 1.807) is 12.1 Å². The summed E-state index contributed by atoms with van der Waals surface area (Å²) in [4.78, 5) is 0. The third kappa shape index (κ3) is 2.56. The summed E-state index contributed by atoms with van der Waals surface area (Å²) in [5, 5.41) is 7.59. The van der Waals surface area contributed by atoms with Gasteiger partial charge < -0.3 is 10.5 Å². The summed E-state index contributed by atoms with van der Waals surface area (Å²) in [5.74, 6) is 0.656. The van der Waals surface area contributed by atoms with Crippen LogP contribution >= 0.6 is 0 Å². The van der Waals surface area contributed by atoms with Crippen LogP contribution < -0.4 is 10.5 Å². The summed E-state index contributed by atoms with van der Waals surface area (Å²) in [7, 11) is 0. The van der Waals surface area contributed by atoms with Crippen LogP contribution in [-0.2, 0) is 6.42 Å². The number of hydrogen-bond acceptors (Lipinski definition) is 5. The van der Waals surface area contributed by atoms with E-state index in [2.05, 4.69) is 22.4 Å². The van der Waals surface area contributed by atoms with Crippen molar-refractivity contribution in [2.45, 2.75) is 12.8 Å². The van der Waals surface area contributed by atoms with Crippen LogP contribution in [0, 0.1) is 0 Å². The van der Waals surface area contributed by atoms with Crippen LogP contribution in [0.25, 0.3) is 11.0 Å². The largest absolute Gasteiger partial charge is 0.491 e. The lowest BCUT2D eigenvalue weighted by Gasteiger charge is -2.06. The Morgan fingerprint density at radius 1 is 1.00 bits per heavy atom. The van der Waals surface area contributed by atoms with Crippen LogP contribution in [0.4, 0.5) is 5.69 Å². The maximum absolute atomic E-state index is 5.78. The Bertz CT molecular complexity index is 695. The van der Waals surface area contributed by atoms with E-state index in [-0.39, 0.29) is 0 Å². The Balaban J connectivity index is 1.60. The molecular formula is C15H15N3O2. The van der Waals surface area contributed by atoms with Crippen molar-refractivity contribution in [3.05, 3.63) is 48.0 Å². The first kappa shape index (κ1) is 12.5. The Labute approximate surface area is 116 Å². The zero-order chi connectivity index (χ0) is 13.8. The van der Waals surface area contributed by atoms with Gasteiger partial charge in [-0.25, -0.2) is 4.63 Å². The van der Waals surface area contributed by atoms with Gasteiger partial charge in [-0.1, -0.05) is 30.3 Å². The first-order chi connectivity index (χ1) is 9.84. The lowest BCUT2D eigenvalue weighted by molar-refractivity contribution is 0.302. The molecule has 0 saturated heterocycles. The Morgan fingerprint density at radius 2 is 1.80 bits per heavy atom. The van der Waals surface area contributed by atoms with Gasteiger partial charge in [-0.15, -0.1) is 0 Å². The molecular weight excluding hydrogens is 254 g/mol. The molecule has 3 aromatic rings. The fourth-order valence-electron chi connectivity index (χ4n) is 2.08. The molecule has 102 valence electrons. The predicted octanol–water partition coefficient (Wildman–Crippen LogP) is 2.82. The summed E-state index contributed by atoms with van der Waals surface area (Å²) >= 11 is 0. The number of ether oxygens (including phenoxy) is 1. The van der Waals surface area contributed by atoms with Crippen LogP contribution in [0.2, 0.25) is 0 Å². The summed E-state index contributed by atoms with van der Waals surface area (Å²) in [6.07, 6.45) is 1.91. The topological polar surface area (TPSA) is 74.2 Å². The van der Waals surface area contributed by atoms with Crippen LogP contribution in [0.1, 0.15) is 12.0 Å². The SMILES string of the molecule is Nc1ccc(OCCCc2ccccc2)c2nonc12. The first-order valence-electron chi connectivity index (χ1n) is 6.52. The molecule has 0 aliphatic rings. The number of nitrogens with two attached hydrogens (primary N) is 1. The minimum absolute atomic E-state index is 0.540. The van der Waals surface area contributed by atoms with Gasteiger partial charge in [0, 0.05) is 0 Å². The van der Waals surface area contributed by atoms with Crippen molar-refractivity contribution in [2.75, 3.05) is 12.3 Å². The standard InChI is InChI=1S/C15H15N3O2/c16-12-8-9-13(15-14(12)17-20-18-15)19-10-4-7-11-5-2-1-3-6-11/h1-3,5-6,8-9H,4,7,10,16H2. The molecule has 1 heterocycles. The van der Waals surface area contributed by atoms with Gasteiger partial charge >= 0.3 is 0 Å². The Hall–Kier alpha value is -2.56. The third-order valence-corrected chi connectivity index (χ3v) is 3.12. The highest BCUT2D eigenvalue weighted by atomic mass is 16.6. The third-order valence-electron chi connectivity index (χ3n) is 3.12. The molecule has 0 aliphatic carbocycles. The monoisotopic (exact) mass is 269 g/mol. The summed E-state index contributed by atoms with van der Waals surface area (Å²) < 4.78 is 10.4. The van der Waals surface area contributed by atoms with E-state index in [4.69, 9.17) is 15.1 Å². The molecule has 0 radical (unpaired) electrons. The number of anilines is 1. The molecule has 0 amide bonds. The average Bonchev–Trinajstić information content (AvgIpc) is 2.97. The smallest absolute Gasteiger partial charge is 0.179 e. The summed E-state index contributed by atoms with van der Waals surface area (Å²) in [5.41, 5.74) is 8.75. The second-order valence-corrected chi connectivity index (χ2v) is 4.55. The van der Waals surface area contributed by atoms with E-state index in [0.717, 1.165) is 12.8 Å². The number of benzene rings is 2. The van der Waals surface area contributed by atoms with Gasteiger partial charge in [0.1, 0.15) is 0 Å². The van der Waals surface area contributed by atoms with Gasteiger partial charge in [0.2, 0.25) is 0 Å². The van der Waals surface area contributed by atoms with Crippen molar-refractivity contribution < 1.29 is 9.37 Å². The van der Waals surface area contributed by atoms with Crippen molar-refractivity contribution in [3.63, 3.8) is 0 Å². The second kappa shape index (κ2) is 5.61. The van der Waals surface area contributed by atoms with Gasteiger partial charge in [-0.3, -0.25) is 0 Å². The van der Waals surface area contributed by atoms with Crippen molar-refractivity contribution in [2.24, 2.45) is 0 Å². The van der Waals surface area contributed by atoms with Gasteiger partial charge in [-0.05, 0) is 40.9 Å². The fraction of sp³-hybridized carbons (Fsp3) is 0.200. The highest BCUT2D eigenvalue weighted by Gasteiger charge is 2.10. The van der Waals surface area contributed by atoms with Crippen molar-refractivity contribution in [1.29, 1.82) is 0 Å². The molecule has 2 aromatic carbocycles. The second-order valence-electron chi connectivity index (χ2n) is 4.55. The Morgan fingerprint density at radius 3 is 2.65 bits per heavy atom. The number of aromatic nitrogens is 2. The summed E-state index contributed by atoms with van der Waals surface area (Å²) in [6, 6.07) is 13.9. The molecule has 2 N–H and O–H groups in total. The maximum Gasteiger partial charge on any atom is 0.179 e. The molecule has 0 fully saturated rings. The van der Waals surface area contributed by atoms with Crippen molar-refractivity contribution in [3.8, 4) is 5.75 Å². The van der Waals surface area contributed by atoms with E-state index >= 15 is 0 Å². The number of rotatable bonds is 5. The van der Waals surface area contributed by atoms with Gasteiger partial charge in [0.05, 0.1) is 12.3 Å². The molecule has 1 aromatic heterocycles. The molecule has 3 rings (SSSR count). The fourth-order valence-corrected chi connectivity index (χ4v) is 2.08. The number of fused-ring (bicyclic) bond motifs is 1. The molecule has 0 saturated carbocycles. The predicted molar refractivity (Wildman–Crippen MR) is 76.5 cm³/mol. The Kier molecular flexibility index (Phi) is 3.50. The molecule has 5 heteroatoms. The minimum atomic E-state index is 0.540. The van der Waals surface area contributed by atoms with E-state index in [1.165, 1.54) is 5.56 Å². The first-order valence-corrected chi connectivity index (χ1v) is 6.52. The molecule has 5 nitrogen and oxygen atoms in total. The zero-order valence-electron chi connectivity index (χ0n) is 11.0. The number of nitrogen functional groups attached to an aromatic ring is 1. The highest BCUT2D eigenvalue weighted by molar-refractivity contribution is 5.90. The van der Waals surface area contributed by atoms with Crippen molar-refractivity contribution >= 4 is 16.7 Å². The van der Waals surface area contributed by atoms with Gasteiger partial charge in [0.15, 0.2) is 16.8 Å². The maximum atomic E-state index is 5.78. The average molecular weight is 269 g/mol. The zero-order valence-corrected chi connectivity index (χ0v) is 11.0. The van der Waals surface area contributed by atoms with E-state index < -0.39 is 0 Å². The molecule has 0 spiro atoms. The lowest BCUT2D eigenvalue weighted by Crippen LogP contribution is -2.00. The molecule has 0 aliphatic heterocycles. The van der Waals surface area contributed by atoms with E-state index in [0.29, 0.717) is 29.1 Å². The summed E-state index contributed by atoms with van der Waals surface area (Å²) in [6.45, 7) is 0.612. The molecule has 20 heavy (non-hydrogen) atoms. The normalized spacial score (nSPS) is 10.8. The molecule has 0 atom stereocenters. The van der Waals surface area contributed by atoms with Crippen LogP contribution in [-0.4, -0.2) is 16.9 Å². The van der Waals surface area contributed by atoms with E-state index in [1.807, 2.05) is 18.2 Å². The highest BCUT2D eigenvalue weighted by Crippen LogP contribution is 2.27. The minimum Gasteiger partial charge on any atom is -0.491 e. The van der Waals surface area contributed by atoms with Gasteiger partial charge in [-0.2, -0.15) is 0 Å². The molecule has 0 unspecified atom stereocenters. The van der Waals surface area contributed by atoms with Crippen LogP contribution in [0.5, 0.6) is 5.75 Å². The quantitative estimate of drug-likeness (QED) is 0.569. The molecule has 0 bridgehead atoms. The van der Waals surface area contributed by atoms with Crippen LogP contribution in [0.3, 0.4) is 0 Å². The number of nitrogens with zero attached hydrogens (tertiary/aromatic N) is 2.